The van der Waals surface area contributed by atoms with E-state index in [0.29, 0.717) is 11.0 Å². The molecule has 0 aliphatic carbocycles. The minimum absolute atomic E-state index is 0.0735. The lowest BCUT2D eigenvalue weighted by molar-refractivity contribution is -0.124. The maximum absolute atomic E-state index is 13.2. The van der Waals surface area contributed by atoms with Gasteiger partial charge in [-0.2, -0.15) is 0 Å². The Labute approximate surface area is 174 Å². The molecule has 4 rings (SSSR count). The first-order chi connectivity index (χ1) is 14.1. The van der Waals surface area contributed by atoms with E-state index in [1.165, 1.54) is 11.8 Å². The van der Waals surface area contributed by atoms with Crippen molar-refractivity contribution in [3.8, 4) is 0 Å². The molecule has 1 N–H and O–H groups in total. The van der Waals surface area contributed by atoms with E-state index in [4.69, 9.17) is 4.99 Å². The third-order valence-corrected chi connectivity index (χ3v) is 5.88. The van der Waals surface area contributed by atoms with Crippen LogP contribution in [0.4, 0.5) is 5.69 Å². The van der Waals surface area contributed by atoms with Gasteiger partial charge in [0.15, 0.2) is 11.2 Å². The molecule has 2 aromatic carbocycles. The van der Waals surface area contributed by atoms with Crippen LogP contribution in [0.5, 0.6) is 0 Å². The number of carbonyl (C=O) groups excluding carboxylic acids is 2. The Hall–Kier alpha value is -2.93. The van der Waals surface area contributed by atoms with E-state index in [2.05, 4.69) is 10.3 Å². The molecule has 0 saturated heterocycles. The summed E-state index contributed by atoms with van der Waals surface area (Å²) in [6, 6.07) is 16.7. The van der Waals surface area contributed by atoms with Crippen molar-refractivity contribution in [2.75, 3.05) is 5.75 Å². The van der Waals surface area contributed by atoms with Gasteiger partial charge in [0.1, 0.15) is 5.84 Å². The summed E-state index contributed by atoms with van der Waals surface area (Å²) in [7, 11) is 0. The van der Waals surface area contributed by atoms with Crippen LogP contribution < -0.4 is 5.32 Å². The number of para-hydroxylation sites is 1. The second-order valence-electron chi connectivity index (χ2n) is 7.02. The molecule has 2 atom stereocenters. The fourth-order valence-electron chi connectivity index (χ4n) is 3.25. The van der Waals surface area contributed by atoms with Gasteiger partial charge in [0.25, 0.3) is 5.91 Å². The molecule has 6 nitrogen and oxygen atoms in total. The fourth-order valence-corrected chi connectivity index (χ4v) is 4.06. The zero-order valence-electron chi connectivity index (χ0n) is 16.3. The fraction of sp³-hybridized carbons (Fsp3) is 0.273. The molecule has 2 aliphatic rings. The Morgan fingerprint density at radius 1 is 1.17 bits per heavy atom. The minimum atomic E-state index is -0.600. The van der Waals surface area contributed by atoms with E-state index in [1.54, 1.807) is 4.90 Å². The van der Waals surface area contributed by atoms with Gasteiger partial charge < -0.3 is 5.32 Å². The summed E-state index contributed by atoms with van der Waals surface area (Å²) in [4.78, 5) is 36.4. The SMILES string of the molecule is CC[C@@H](C)NC(=O)CSC1=Nc2ccccc2C2=N[C@H](c3ccccc3)C(=O)N12. The first kappa shape index (κ1) is 19.4. The molecule has 0 spiro atoms. The largest absolute Gasteiger partial charge is 0.353 e. The van der Waals surface area contributed by atoms with Crippen molar-refractivity contribution >= 4 is 40.3 Å². The zero-order valence-corrected chi connectivity index (χ0v) is 17.1. The Balaban J connectivity index is 1.64. The van der Waals surface area contributed by atoms with Crippen LogP contribution in [0.2, 0.25) is 0 Å². The smallest absolute Gasteiger partial charge is 0.263 e. The van der Waals surface area contributed by atoms with Gasteiger partial charge in [0.05, 0.1) is 11.4 Å². The molecule has 0 radical (unpaired) electrons. The molecule has 2 aromatic rings. The van der Waals surface area contributed by atoms with Crippen LogP contribution in [0.25, 0.3) is 0 Å². The zero-order chi connectivity index (χ0) is 20.4. The van der Waals surface area contributed by atoms with Crippen molar-refractivity contribution in [1.82, 2.24) is 10.2 Å². The maximum atomic E-state index is 13.2. The average molecular weight is 407 g/mol. The number of rotatable bonds is 5. The molecule has 0 saturated carbocycles. The molecule has 29 heavy (non-hydrogen) atoms. The van der Waals surface area contributed by atoms with Crippen molar-refractivity contribution in [3.05, 3.63) is 65.7 Å². The highest BCUT2D eigenvalue weighted by Crippen LogP contribution is 2.37. The van der Waals surface area contributed by atoms with Crippen molar-refractivity contribution in [1.29, 1.82) is 0 Å². The van der Waals surface area contributed by atoms with Crippen LogP contribution in [0.1, 0.15) is 37.4 Å². The molecule has 148 valence electrons. The minimum Gasteiger partial charge on any atom is -0.353 e. The lowest BCUT2D eigenvalue weighted by Gasteiger charge is -2.25. The third-order valence-electron chi connectivity index (χ3n) is 4.94. The van der Waals surface area contributed by atoms with Crippen LogP contribution in [0.15, 0.2) is 64.6 Å². The van der Waals surface area contributed by atoms with E-state index in [-0.39, 0.29) is 23.6 Å². The number of thioether (sulfide) groups is 1. The number of amides is 2. The summed E-state index contributed by atoms with van der Waals surface area (Å²) in [5, 5.41) is 3.44. The van der Waals surface area contributed by atoms with E-state index in [0.717, 1.165) is 23.2 Å². The molecule has 0 fully saturated rings. The van der Waals surface area contributed by atoms with Crippen molar-refractivity contribution in [2.45, 2.75) is 32.4 Å². The number of carbonyl (C=O) groups is 2. The van der Waals surface area contributed by atoms with Crippen molar-refractivity contribution in [2.24, 2.45) is 9.98 Å². The molecule has 2 aliphatic heterocycles. The van der Waals surface area contributed by atoms with E-state index >= 15 is 0 Å². The van der Waals surface area contributed by atoms with Crippen molar-refractivity contribution < 1.29 is 9.59 Å². The van der Waals surface area contributed by atoms with Crippen LogP contribution in [-0.2, 0) is 9.59 Å². The number of hydrogen-bond acceptors (Lipinski definition) is 5. The molecule has 2 amide bonds. The van der Waals surface area contributed by atoms with Gasteiger partial charge >= 0.3 is 0 Å². The lowest BCUT2D eigenvalue weighted by Crippen LogP contribution is -2.41. The lowest BCUT2D eigenvalue weighted by atomic mass is 10.1. The van der Waals surface area contributed by atoms with Gasteiger partial charge in [-0.25, -0.2) is 14.9 Å². The van der Waals surface area contributed by atoms with Gasteiger partial charge in [0, 0.05) is 11.6 Å². The Morgan fingerprint density at radius 2 is 1.90 bits per heavy atom. The molecule has 0 bridgehead atoms. The topological polar surface area (TPSA) is 74.1 Å². The Bertz CT molecular complexity index is 1000. The second kappa shape index (κ2) is 8.21. The molecule has 7 heteroatoms. The summed E-state index contributed by atoms with van der Waals surface area (Å²) >= 11 is 1.26. The standard InChI is InChI=1S/C22H22N4O2S/c1-3-14(2)23-18(27)13-29-22-24-17-12-8-7-11-16(17)20-25-19(21(28)26(20)22)15-9-5-4-6-10-15/h4-12,14,19H,3,13H2,1-2H3,(H,23,27)/t14-,19-/m1/s1. The van der Waals surface area contributed by atoms with Gasteiger partial charge in [0.2, 0.25) is 5.91 Å². The van der Waals surface area contributed by atoms with E-state index in [9.17, 15) is 9.59 Å². The molecule has 0 unspecified atom stereocenters. The molecular formula is C22H22N4O2S. The number of aliphatic imine (C=N–C) groups is 2. The van der Waals surface area contributed by atoms with Crippen LogP contribution in [-0.4, -0.2) is 39.5 Å². The molecule has 0 aromatic heterocycles. The third kappa shape index (κ3) is 3.82. The highest BCUT2D eigenvalue weighted by atomic mass is 32.2. The Kier molecular flexibility index (Phi) is 5.49. The predicted octanol–water partition coefficient (Wildman–Crippen LogP) is 3.67. The van der Waals surface area contributed by atoms with Crippen LogP contribution in [0, 0.1) is 0 Å². The number of nitrogens with one attached hydrogen (secondary N) is 1. The maximum Gasteiger partial charge on any atom is 0.263 e. The summed E-state index contributed by atoms with van der Waals surface area (Å²) < 4.78 is 0. The number of hydrogen-bond donors (Lipinski definition) is 1. The predicted molar refractivity (Wildman–Crippen MR) is 116 cm³/mol. The second-order valence-corrected chi connectivity index (χ2v) is 7.96. The highest BCUT2D eigenvalue weighted by Gasteiger charge is 2.42. The number of fused-ring (bicyclic) bond motifs is 3. The van der Waals surface area contributed by atoms with Gasteiger partial charge in [-0.1, -0.05) is 61.2 Å². The first-order valence-corrected chi connectivity index (χ1v) is 10.6. The summed E-state index contributed by atoms with van der Waals surface area (Å²) in [5.74, 6) is 0.572. The number of amidine groups is 2. The van der Waals surface area contributed by atoms with Crippen molar-refractivity contribution in [3.63, 3.8) is 0 Å². The normalized spacial score (nSPS) is 18.5. The van der Waals surface area contributed by atoms with E-state index in [1.807, 2.05) is 68.4 Å². The highest BCUT2D eigenvalue weighted by molar-refractivity contribution is 8.14. The quantitative estimate of drug-likeness (QED) is 0.823. The monoisotopic (exact) mass is 406 g/mol. The summed E-state index contributed by atoms with van der Waals surface area (Å²) in [5.41, 5.74) is 2.43. The van der Waals surface area contributed by atoms with E-state index < -0.39 is 6.04 Å². The number of benzene rings is 2. The Morgan fingerprint density at radius 3 is 2.66 bits per heavy atom. The van der Waals surface area contributed by atoms with Gasteiger partial charge in [-0.15, -0.1) is 0 Å². The van der Waals surface area contributed by atoms with Crippen LogP contribution in [0.3, 0.4) is 0 Å². The summed E-state index contributed by atoms with van der Waals surface area (Å²) in [6.07, 6.45) is 0.866. The number of nitrogens with zero attached hydrogens (tertiary/aromatic N) is 3. The molecule has 2 heterocycles. The average Bonchev–Trinajstić information content (AvgIpc) is 3.10. The van der Waals surface area contributed by atoms with Crippen LogP contribution >= 0.6 is 11.8 Å². The summed E-state index contributed by atoms with van der Waals surface area (Å²) in [6.45, 7) is 3.99. The molecular weight excluding hydrogens is 384 g/mol. The van der Waals surface area contributed by atoms with Gasteiger partial charge in [-0.05, 0) is 31.0 Å². The van der Waals surface area contributed by atoms with Gasteiger partial charge in [-0.3, -0.25) is 9.59 Å². The first-order valence-electron chi connectivity index (χ1n) is 9.65.